The van der Waals surface area contributed by atoms with E-state index >= 15 is 0 Å². The van der Waals surface area contributed by atoms with Gasteiger partial charge < -0.3 is 15.0 Å². The Bertz CT molecular complexity index is 665. The van der Waals surface area contributed by atoms with E-state index in [9.17, 15) is 9.59 Å². The summed E-state index contributed by atoms with van der Waals surface area (Å²) in [6.07, 6.45) is 4.72. The van der Waals surface area contributed by atoms with E-state index in [2.05, 4.69) is 19.2 Å². The third-order valence-electron chi connectivity index (χ3n) is 5.35. The Morgan fingerprint density at radius 3 is 2.73 bits per heavy atom. The van der Waals surface area contributed by atoms with Crippen molar-refractivity contribution in [2.75, 3.05) is 11.9 Å². The number of amides is 2. The summed E-state index contributed by atoms with van der Waals surface area (Å²) in [5.41, 5.74) is 1.74. The second-order valence-corrected chi connectivity index (χ2v) is 8.00. The van der Waals surface area contributed by atoms with Gasteiger partial charge in [0.05, 0.1) is 0 Å². The predicted molar refractivity (Wildman–Crippen MR) is 102 cm³/mol. The van der Waals surface area contributed by atoms with Crippen LogP contribution in [0.3, 0.4) is 0 Å². The van der Waals surface area contributed by atoms with Crippen LogP contribution in [0.5, 0.6) is 5.75 Å². The molecule has 1 heterocycles. The maximum absolute atomic E-state index is 12.6. The third kappa shape index (κ3) is 4.37. The maximum Gasteiger partial charge on any atom is 0.263 e. The van der Waals surface area contributed by atoms with Crippen molar-refractivity contribution in [3.63, 3.8) is 0 Å². The zero-order valence-electron chi connectivity index (χ0n) is 16.1. The van der Waals surface area contributed by atoms with Crippen molar-refractivity contribution >= 4 is 17.5 Å². The number of nitrogens with zero attached hydrogens (tertiary/aromatic N) is 1. The summed E-state index contributed by atoms with van der Waals surface area (Å²) in [6, 6.07) is 5.69. The number of carbonyl (C=O) groups excluding carboxylic acids is 2. The second-order valence-electron chi connectivity index (χ2n) is 8.00. The van der Waals surface area contributed by atoms with E-state index in [1.54, 1.807) is 6.92 Å². The van der Waals surface area contributed by atoms with Gasteiger partial charge in [-0.15, -0.1) is 0 Å². The molecule has 3 rings (SSSR count). The molecule has 5 nitrogen and oxygen atoms in total. The van der Waals surface area contributed by atoms with Crippen molar-refractivity contribution in [3.8, 4) is 5.75 Å². The lowest BCUT2D eigenvalue weighted by Gasteiger charge is -2.23. The molecule has 2 amide bonds. The number of hydrogen-bond acceptors (Lipinski definition) is 3. The first-order chi connectivity index (χ1) is 12.4. The van der Waals surface area contributed by atoms with Crippen LogP contribution in [0, 0.1) is 11.8 Å². The molecule has 1 saturated carbocycles. The smallest absolute Gasteiger partial charge is 0.263 e. The topological polar surface area (TPSA) is 58.6 Å². The number of hydrogen-bond donors (Lipinski definition) is 1. The molecule has 0 saturated heterocycles. The minimum atomic E-state index is -0.484. The monoisotopic (exact) mass is 358 g/mol. The zero-order valence-corrected chi connectivity index (χ0v) is 16.1. The fourth-order valence-electron chi connectivity index (χ4n) is 3.71. The van der Waals surface area contributed by atoms with Gasteiger partial charge in [-0.2, -0.15) is 0 Å². The first-order valence-electron chi connectivity index (χ1n) is 9.83. The van der Waals surface area contributed by atoms with E-state index in [0.29, 0.717) is 12.5 Å². The van der Waals surface area contributed by atoms with Crippen molar-refractivity contribution in [2.24, 2.45) is 11.8 Å². The first kappa shape index (κ1) is 18.7. The van der Waals surface area contributed by atoms with Crippen LogP contribution in [0.15, 0.2) is 18.2 Å². The summed E-state index contributed by atoms with van der Waals surface area (Å²) < 4.78 is 5.86. The summed E-state index contributed by atoms with van der Waals surface area (Å²) >= 11 is 0. The van der Waals surface area contributed by atoms with Gasteiger partial charge in [0.1, 0.15) is 5.75 Å². The van der Waals surface area contributed by atoms with Crippen LogP contribution in [-0.4, -0.2) is 29.4 Å². The molecule has 5 heteroatoms. The van der Waals surface area contributed by atoms with Gasteiger partial charge in [0.25, 0.3) is 5.91 Å². The van der Waals surface area contributed by atoms with Gasteiger partial charge in [0, 0.05) is 30.3 Å². The number of benzene rings is 1. The average Bonchev–Trinajstić information content (AvgIpc) is 3.10. The summed E-state index contributed by atoms with van der Waals surface area (Å²) in [6.45, 7) is 7.37. The van der Waals surface area contributed by atoms with Gasteiger partial charge in [-0.3, -0.25) is 9.59 Å². The highest BCUT2D eigenvalue weighted by atomic mass is 16.5. The molecule has 2 aliphatic rings. The molecule has 1 aliphatic carbocycles. The number of fused-ring (bicyclic) bond motifs is 1. The van der Waals surface area contributed by atoms with Crippen LogP contribution < -0.4 is 10.1 Å². The van der Waals surface area contributed by atoms with E-state index < -0.39 is 6.10 Å². The third-order valence-corrected chi connectivity index (χ3v) is 5.35. The molecule has 1 aromatic carbocycles. The fraction of sp³-hybridized carbons (Fsp3) is 0.619. The van der Waals surface area contributed by atoms with Gasteiger partial charge in [-0.05, 0) is 50.3 Å². The minimum absolute atomic E-state index is 0.0263. The molecule has 1 atom stereocenters. The molecule has 0 spiro atoms. The Balaban J connectivity index is 1.75. The zero-order chi connectivity index (χ0) is 18.7. The van der Waals surface area contributed by atoms with Crippen molar-refractivity contribution in [1.82, 2.24) is 4.90 Å². The van der Waals surface area contributed by atoms with E-state index in [1.165, 1.54) is 0 Å². The fourth-order valence-corrected chi connectivity index (χ4v) is 3.71. The van der Waals surface area contributed by atoms with Crippen molar-refractivity contribution in [1.29, 1.82) is 0 Å². The highest BCUT2D eigenvalue weighted by Crippen LogP contribution is 2.30. The van der Waals surface area contributed by atoms with E-state index in [1.807, 2.05) is 23.1 Å². The lowest BCUT2D eigenvalue weighted by molar-refractivity contribution is -0.137. The Morgan fingerprint density at radius 1 is 1.31 bits per heavy atom. The van der Waals surface area contributed by atoms with Crippen LogP contribution in [0.1, 0.15) is 58.4 Å². The molecular weight excluding hydrogens is 328 g/mol. The summed E-state index contributed by atoms with van der Waals surface area (Å²) in [5.74, 6) is 1.54. The van der Waals surface area contributed by atoms with Crippen LogP contribution in [-0.2, 0) is 16.1 Å². The molecule has 0 radical (unpaired) electrons. The number of carbonyl (C=O) groups is 2. The Kier molecular flexibility index (Phi) is 5.84. The normalized spacial score (nSPS) is 20.7. The molecule has 1 fully saturated rings. The minimum Gasteiger partial charge on any atom is -0.481 e. The largest absolute Gasteiger partial charge is 0.481 e. The van der Waals surface area contributed by atoms with Crippen molar-refractivity contribution in [2.45, 2.75) is 65.5 Å². The maximum atomic E-state index is 12.6. The van der Waals surface area contributed by atoms with Crippen LogP contribution >= 0.6 is 0 Å². The van der Waals surface area contributed by atoms with Gasteiger partial charge in [0.15, 0.2) is 6.10 Å². The molecule has 0 aromatic heterocycles. The van der Waals surface area contributed by atoms with Crippen LogP contribution in [0.4, 0.5) is 5.69 Å². The summed E-state index contributed by atoms with van der Waals surface area (Å²) in [7, 11) is 0. The standard InChI is InChI=1S/C21H30N2O3/c1-14(2)10-11-23-13-17-12-18(22-20(24)16-6-4-5-7-16)8-9-19(17)26-15(3)21(23)25/h8-9,12,14-16H,4-7,10-11,13H2,1-3H3,(H,22,24). The number of ether oxygens (including phenoxy) is 1. The lowest BCUT2D eigenvalue weighted by Crippen LogP contribution is -2.38. The molecule has 26 heavy (non-hydrogen) atoms. The molecular formula is C21H30N2O3. The Labute approximate surface area is 156 Å². The quantitative estimate of drug-likeness (QED) is 0.866. The summed E-state index contributed by atoms with van der Waals surface area (Å²) in [5, 5.41) is 3.04. The van der Waals surface area contributed by atoms with Crippen LogP contribution in [0.25, 0.3) is 0 Å². The van der Waals surface area contributed by atoms with Crippen molar-refractivity contribution < 1.29 is 14.3 Å². The van der Waals surface area contributed by atoms with E-state index in [-0.39, 0.29) is 17.7 Å². The number of nitrogens with one attached hydrogen (secondary N) is 1. The molecule has 1 N–H and O–H groups in total. The van der Waals surface area contributed by atoms with Gasteiger partial charge >= 0.3 is 0 Å². The van der Waals surface area contributed by atoms with Gasteiger partial charge in [-0.25, -0.2) is 0 Å². The van der Waals surface area contributed by atoms with E-state index in [4.69, 9.17) is 4.74 Å². The first-order valence-corrected chi connectivity index (χ1v) is 9.83. The highest BCUT2D eigenvalue weighted by molar-refractivity contribution is 5.93. The van der Waals surface area contributed by atoms with Crippen molar-refractivity contribution in [3.05, 3.63) is 23.8 Å². The van der Waals surface area contributed by atoms with E-state index in [0.717, 1.165) is 55.6 Å². The number of anilines is 1. The second kappa shape index (κ2) is 8.11. The SMILES string of the molecule is CC(C)CCN1Cc2cc(NC(=O)C3CCCC3)ccc2OC(C)C1=O. The lowest BCUT2D eigenvalue weighted by atomic mass is 10.1. The Hall–Kier alpha value is -2.04. The molecule has 1 aliphatic heterocycles. The van der Waals surface area contributed by atoms with Gasteiger partial charge in [-0.1, -0.05) is 26.7 Å². The number of rotatable bonds is 5. The molecule has 1 unspecified atom stereocenters. The molecule has 0 bridgehead atoms. The average molecular weight is 358 g/mol. The molecule has 142 valence electrons. The molecule has 1 aromatic rings. The summed E-state index contributed by atoms with van der Waals surface area (Å²) in [4.78, 5) is 26.9. The predicted octanol–water partition coefficient (Wildman–Crippen LogP) is 3.97. The Morgan fingerprint density at radius 2 is 2.04 bits per heavy atom. The van der Waals surface area contributed by atoms with Gasteiger partial charge in [0.2, 0.25) is 5.91 Å². The van der Waals surface area contributed by atoms with Crippen LogP contribution in [0.2, 0.25) is 0 Å². The highest BCUT2D eigenvalue weighted by Gasteiger charge is 2.28.